The number of rotatable bonds is 6. The molecule has 5 atom stereocenters. The van der Waals surface area contributed by atoms with E-state index in [9.17, 15) is 4.79 Å². The van der Waals surface area contributed by atoms with Crippen molar-refractivity contribution in [2.45, 2.75) is 88.4 Å². The number of benzene rings is 1. The van der Waals surface area contributed by atoms with Crippen molar-refractivity contribution in [3.63, 3.8) is 0 Å². The molecule has 1 aromatic carbocycles. The topological polar surface area (TPSA) is 63.2 Å². The normalized spacial score (nSPS) is 30.1. The molecule has 2 fully saturated rings. The van der Waals surface area contributed by atoms with Gasteiger partial charge in [0.1, 0.15) is 23.7 Å². The van der Waals surface area contributed by atoms with Crippen molar-refractivity contribution in [2.24, 2.45) is 0 Å². The van der Waals surface area contributed by atoms with Crippen molar-refractivity contribution in [3.8, 4) is 0 Å². The average Bonchev–Trinajstić information content (AvgIpc) is 3.02. The van der Waals surface area contributed by atoms with Crippen LogP contribution in [0.25, 0.3) is 0 Å². The van der Waals surface area contributed by atoms with Crippen LogP contribution < -0.4 is 0 Å². The highest BCUT2D eigenvalue weighted by molar-refractivity contribution is 7.99. The molecule has 1 unspecified atom stereocenters. The predicted molar refractivity (Wildman–Crippen MR) is 130 cm³/mol. The minimum Gasteiger partial charge on any atom is -0.452 e. The summed E-state index contributed by atoms with van der Waals surface area (Å²) in [7, 11) is -1.97. The first-order chi connectivity index (χ1) is 14.7. The number of esters is 1. The molecule has 32 heavy (non-hydrogen) atoms. The maximum atomic E-state index is 12.8. The summed E-state index contributed by atoms with van der Waals surface area (Å²) >= 11 is 7.43. The Morgan fingerprint density at radius 1 is 1.16 bits per heavy atom. The van der Waals surface area contributed by atoms with Crippen molar-refractivity contribution in [1.29, 1.82) is 0 Å². The number of carbonyl (C=O) groups is 1. The van der Waals surface area contributed by atoms with Crippen molar-refractivity contribution in [2.75, 3.05) is 12.9 Å². The van der Waals surface area contributed by atoms with Gasteiger partial charge in [0, 0.05) is 5.02 Å². The lowest BCUT2D eigenvalue weighted by Gasteiger charge is -2.43. The Bertz CT molecular complexity index is 810. The number of halogens is 1. The lowest BCUT2D eigenvalue weighted by Crippen LogP contribution is -2.58. The van der Waals surface area contributed by atoms with Gasteiger partial charge in [-0.3, -0.25) is 0 Å². The van der Waals surface area contributed by atoms with E-state index in [1.165, 1.54) is 11.8 Å². The largest absolute Gasteiger partial charge is 0.452 e. The molecule has 0 spiro atoms. The smallest absolute Gasteiger partial charge is 0.338 e. The van der Waals surface area contributed by atoms with Crippen molar-refractivity contribution >= 4 is 37.6 Å². The molecule has 2 heterocycles. The maximum Gasteiger partial charge on any atom is 0.338 e. The van der Waals surface area contributed by atoms with Crippen molar-refractivity contribution in [3.05, 3.63) is 34.9 Å². The van der Waals surface area contributed by atoms with E-state index in [2.05, 4.69) is 33.9 Å². The zero-order chi connectivity index (χ0) is 23.9. The third-order valence-corrected chi connectivity index (χ3v) is 12.0. The van der Waals surface area contributed by atoms with Gasteiger partial charge < -0.3 is 23.4 Å². The molecule has 9 heteroatoms. The molecule has 2 saturated heterocycles. The second-order valence-corrected chi connectivity index (χ2v) is 16.5. The Kier molecular flexibility index (Phi) is 7.77. The highest BCUT2D eigenvalue weighted by Crippen LogP contribution is 2.42. The lowest BCUT2D eigenvalue weighted by atomic mass is 10.00. The Morgan fingerprint density at radius 2 is 1.75 bits per heavy atom. The van der Waals surface area contributed by atoms with Crippen LogP contribution in [0, 0.1) is 0 Å². The second kappa shape index (κ2) is 9.56. The van der Waals surface area contributed by atoms with Gasteiger partial charge >= 0.3 is 5.97 Å². The van der Waals surface area contributed by atoms with Crippen LogP contribution in [0.5, 0.6) is 0 Å². The summed E-state index contributed by atoms with van der Waals surface area (Å²) < 4.78 is 31.2. The summed E-state index contributed by atoms with van der Waals surface area (Å²) in [4.78, 5) is 12.8. The van der Waals surface area contributed by atoms with Gasteiger partial charge in [-0.2, -0.15) is 0 Å². The number of thioether (sulfide) groups is 1. The average molecular weight is 503 g/mol. The first kappa shape index (κ1) is 26.0. The first-order valence-corrected chi connectivity index (χ1v) is 15.5. The molecular weight excluding hydrogens is 468 g/mol. The molecule has 0 radical (unpaired) electrons. The lowest BCUT2D eigenvalue weighted by molar-refractivity contribution is -0.168. The molecule has 2 aliphatic heterocycles. The van der Waals surface area contributed by atoms with Gasteiger partial charge in [-0.25, -0.2) is 4.79 Å². The Labute approximate surface area is 201 Å². The number of ether oxygens (including phenoxy) is 4. The summed E-state index contributed by atoms with van der Waals surface area (Å²) in [6, 6.07) is 6.62. The number of hydrogen-bond donors (Lipinski definition) is 0. The van der Waals surface area contributed by atoms with Crippen LogP contribution in [0.3, 0.4) is 0 Å². The minimum atomic E-state index is -1.97. The standard InChI is InChI=1S/C23H35ClO6SSi/c1-22(2,3)32(7,8)26-13-16-17-18(30-23(4,5)29-17)19(21(27-16)31-6)28-20(25)14-9-11-15(24)12-10-14/h9-12,16-19,21H,13H2,1-8H3/t16-,17+,18+,19-,21?/m1/s1. The summed E-state index contributed by atoms with van der Waals surface area (Å²) in [5.74, 6) is -1.26. The Morgan fingerprint density at radius 3 is 2.31 bits per heavy atom. The first-order valence-electron chi connectivity index (χ1n) is 10.9. The van der Waals surface area contributed by atoms with E-state index in [-0.39, 0.29) is 11.1 Å². The van der Waals surface area contributed by atoms with Gasteiger partial charge in [-0.15, -0.1) is 11.8 Å². The molecule has 0 saturated carbocycles. The van der Waals surface area contributed by atoms with Gasteiger partial charge in [-0.05, 0) is 62.5 Å². The van der Waals surface area contributed by atoms with Crippen molar-refractivity contribution in [1.82, 2.24) is 0 Å². The van der Waals surface area contributed by atoms with Gasteiger partial charge in [0.05, 0.1) is 12.2 Å². The summed E-state index contributed by atoms with van der Waals surface area (Å²) in [6.07, 6.45) is 0.130. The molecule has 0 amide bonds. The summed E-state index contributed by atoms with van der Waals surface area (Å²) in [5, 5.41) is 0.645. The number of carbonyl (C=O) groups excluding carboxylic acids is 1. The zero-order valence-corrected chi connectivity index (χ0v) is 22.7. The summed E-state index contributed by atoms with van der Waals surface area (Å²) in [6.45, 7) is 15.2. The second-order valence-electron chi connectivity index (χ2n) is 10.3. The monoisotopic (exact) mass is 502 g/mol. The molecule has 6 nitrogen and oxygen atoms in total. The molecule has 1 aromatic rings. The maximum absolute atomic E-state index is 12.8. The Hall–Kier alpha value is -0.613. The fourth-order valence-electron chi connectivity index (χ4n) is 3.57. The molecule has 180 valence electrons. The van der Waals surface area contributed by atoms with E-state index >= 15 is 0 Å². The summed E-state index contributed by atoms with van der Waals surface area (Å²) in [5.41, 5.74) is 0.0189. The molecule has 0 aliphatic carbocycles. The molecule has 2 aliphatic rings. The van der Waals surface area contributed by atoms with E-state index in [1.807, 2.05) is 20.1 Å². The fraction of sp³-hybridized carbons (Fsp3) is 0.696. The molecular formula is C23H35ClO6SSi. The molecule has 3 rings (SSSR count). The van der Waals surface area contributed by atoms with E-state index in [4.69, 9.17) is 35.0 Å². The van der Waals surface area contributed by atoms with Gasteiger partial charge in [-0.1, -0.05) is 32.4 Å². The fourth-order valence-corrected chi connectivity index (χ4v) is 5.44. The van der Waals surface area contributed by atoms with Gasteiger partial charge in [0.25, 0.3) is 0 Å². The predicted octanol–water partition coefficient (Wildman–Crippen LogP) is 5.50. The van der Waals surface area contributed by atoms with Crippen LogP contribution in [-0.2, 0) is 23.4 Å². The third-order valence-electron chi connectivity index (χ3n) is 6.40. The molecule has 0 bridgehead atoms. The minimum absolute atomic E-state index is 0.0862. The number of hydrogen-bond acceptors (Lipinski definition) is 7. The van der Waals surface area contributed by atoms with Gasteiger partial charge in [0.2, 0.25) is 0 Å². The SMILES string of the molecule is CSC1O[C@H](CO[Si](C)(C)C(C)(C)C)[C@@H]2OC(C)(C)O[C@@H]2[C@H]1OC(=O)c1ccc(Cl)cc1. The van der Waals surface area contributed by atoms with E-state index in [0.717, 1.165) is 0 Å². The van der Waals surface area contributed by atoms with Crippen LogP contribution in [0.2, 0.25) is 23.2 Å². The highest BCUT2D eigenvalue weighted by atomic mass is 35.5. The van der Waals surface area contributed by atoms with Crippen molar-refractivity contribution < 1.29 is 28.2 Å². The van der Waals surface area contributed by atoms with Crippen LogP contribution >= 0.6 is 23.4 Å². The van der Waals surface area contributed by atoms with E-state index < -0.39 is 43.8 Å². The number of fused-ring (bicyclic) bond motifs is 1. The molecule has 0 N–H and O–H groups in total. The van der Waals surface area contributed by atoms with Crippen LogP contribution in [0.1, 0.15) is 45.0 Å². The Balaban J connectivity index is 1.79. The van der Waals surface area contributed by atoms with E-state index in [1.54, 1.807) is 24.3 Å². The van der Waals surface area contributed by atoms with Crippen LogP contribution in [0.15, 0.2) is 24.3 Å². The zero-order valence-electron chi connectivity index (χ0n) is 20.1. The van der Waals surface area contributed by atoms with Crippen LogP contribution in [0.4, 0.5) is 0 Å². The van der Waals surface area contributed by atoms with E-state index in [0.29, 0.717) is 17.2 Å². The van der Waals surface area contributed by atoms with Crippen LogP contribution in [-0.4, -0.2) is 62.8 Å². The highest BCUT2D eigenvalue weighted by Gasteiger charge is 2.57. The van der Waals surface area contributed by atoms with Gasteiger partial charge in [0.15, 0.2) is 20.2 Å². The quantitative estimate of drug-likeness (QED) is 0.376. The molecule has 0 aromatic heterocycles. The third kappa shape index (κ3) is 5.71.